The minimum atomic E-state index is -0.527. The number of unbranched alkanes of at least 4 members (excludes halogenated alkanes) is 4. The number of aliphatic hydroxyl groups excluding tert-OH is 1. The van der Waals surface area contributed by atoms with Gasteiger partial charge in [-0.05, 0) is 62.6 Å². The van der Waals surface area contributed by atoms with E-state index in [0.29, 0.717) is 18.6 Å². The van der Waals surface area contributed by atoms with Crippen LogP contribution in [0, 0.1) is 5.92 Å². The number of aliphatic hydroxyl groups is 1. The fraction of sp³-hybridized carbons (Fsp3) is 0.741. The van der Waals surface area contributed by atoms with Crippen LogP contribution in [-0.2, 0) is 11.2 Å². The van der Waals surface area contributed by atoms with Crippen LogP contribution in [0.1, 0.15) is 109 Å². The van der Waals surface area contributed by atoms with Gasteiger partial charge in [0, 0.05) is 12.3 Å². The summed E-state index contributed by atoms with van der Waals surface area (Å²) in [6.45, 7) is 4.31. The van der Waals surface area contributed by atoms with Gasteiger partial charge in [-0.3, -0.25) is 4.79 Å². The summed E-state index contributed by atoms with van der Waals surface area (Å²) in [5.41, 5.74) is 1.00. The number of phenols is 1. The number of rotatable bonds is 15. The molecule has 0 heterocycles. The highest BCUT2D eigenvalue weighted by atomic mass is 16.5. The van der Waals surface area contributed by atoms with Gasteiger partial charge in [-0.2, -0.15) is 0 Å². The molecule has 1 aromatic carbocycles. The molecule has 4 nitrogen and oxygen atoms in total. The Balaban J connectivity index is 1.94. The van der Waals surface area contributed by atoms with Crippen molar-refractivity contribution in [3.8, 4) is 11.5 Å². The number of hydrogen-bond donors (Lipinski definition) is 2. The molecule has 1 fully saturated rings. The lowest BCUT2D eigenvalue weighted by molar-refractivity contribution is -0.126. The maximum absolute atomic E-state index is 13.0. The average Bonchev–Trinajstić information content (AvgIpc) is 2.78. The summed E-state index contributed by atoms with van der Waals surface area (Å²) in [4.78, 5) is 13.0. The van der Waals surface area contributed by atoms with Crippen molar-refractivity contribution in [2.75, 3.05) is 0 Å². The molecule has 0 aromatic heterocycles. The molecule has 2 unspecified atom stereocenters. The van der Waals surface area contributed by atoms with Gasteiger partial charge in [-0.1, -0.05) is 64.9 Å². The number of aryl methyl sites for hydroxylation is 1. The summed E-state index contributed by atoms with van der Waals surface area (Å²) in [5.74, 6) is 0.627. The molecule has 2 atom stereocenters. The predicted octanol–water partition coefficient (Wildman–Crippen LogP) is 6.74. The standard InChI is InChI=1S/C27H44O4/c1-3-5-8-14-23(24(28)15-9-6-4-2)25(29)18-16-21-17-19-26(30)27(20-21)31-22-12-10-7-11-13-22/h17,19-20,22-24,28,30H,3-16,18H2,1-2H3. The number of carbonyl (C=O) groups is 1. The Kier molecular flexibility index (Phi) is 12.0. The summed E-state index contributed by atoms with van der Waals surface area (Å²) in [7, 11) is 0. The number of ether oxygens (including phenoxy) is 1. The largest absolute Gasteiger partial charge is 0.504 e. The maximum Gasteiger partial charge on any atom is 0.161 e. The molecule has 0 bridgehead atoms. The van der Waals surface area contributed by atoms with E-state index in [1.807, 2.05) is 12.1 Å². The molecular weight excluding hydrogens is 388 g/mol. The Hall–Kier alpha value is -1.55. The zero-order valence-electron chi connectivity index (χ0n) is 19.8. The van der Waals surface area contributed by atoms with Crippen LogP contribution in [0.15, 0.2) is 18.2 Å². The van der Waals surface area contributed by atoms with Gasteiger partial charge in [-0.25, -0.2) is 0 Å². The van der Waals surface area contributed by atoms with E-state index in [1.165, 1.54) is 19.3 Å². The van der Waals surface area contributed by atoms with E-state index in [4.69, 9.17) is 4.74 Å². The highest BCUT2D eigenvalue weighted by molar-refractivity contribution is 5.81. The first-order valence-corrected chi connectivity index (χ1v) is 12.7. The van der Waals surface area contributed by atoms with Crippen molar-refractivity contribution in [1.29, 1.82) is 0 Å². The molecule has 1 saturated carbocycles. The smallest absolute Gasteiger partial charge is 0.161 e. The molecule has 176 valence electrons. The average molecular weight is 433 g/mol. The number of benzene rings is 1. The van der Waals surface area contributed by atoms with E-state index in [1.54, 1.807) is 6.07 Å². The summed E-state index contributed by atoms with van der Waals surface area (Å²) in [6, 6.07) is 5.44. The highest BCUT2D eigenvalue weighted by Crippen LogP contribution is 2.32. The molecular formula is C27H44O4. The minimum Gasteiger partial charge on any atom is -0.504 e. The Morgan fingerprint density at radius 3 is 2.39 bits per heavy atom. The van der Waals surface area contributed by atoms with Gasteiger partial charge in [0.1, 0.15) is 5.78 Å². The van der Waals surface area contributed by atoms with Gasteiger partial charge >= 0.3 is 0 Å². The minimum absolute atomic E-state index is 0.169. The van der Waals surface area contributed by atoms with Crippen molar-refractivity contribution >= 4 is 5.78 Å². The first-order chi connectivity index (χ1) is 15.0. The van der Waals surface area contributed by atoms with E-state index >= 15 is 0 Å². The molecule has 0 aliphatic heterocycles. The van der Waals surface area contributed by atoms with Crippen molar-refractivity contribution < 1.29 is 19.7 Å². The fourth-order valence-electron chi connectivity index (χ4n) is 4.61. The number of ketones is 1. The lowest BCUT2D eigenvalue weighted by Gasteiger charge is -2.24. The van der Waals surface area contributed by atoms with E-state index in [2.05, 4.69) is 13.8 Å². The second-order valence-electron chi connectivity index (χ2n) is 9.31. The quantitative estimate of drug-likeness (QED) is 0.301. The molecule has 1 aliphatic rings. The predicted molar refractivity (Wildman–Crippen MR) is 127 cm³/mol. The van der Waals surface area contributed by atoms with Crippen LogP contribution < -0.4 is 4.74 Å². The third kappa shape index (κ3) is 9.22. The SMILES string of the molecule is CCCCCC(O)C(CCCCC)C(=O)CCc1ccc(O)c(OC2CCCCC2)c1. The van der Waals surface area contributed by atoms with Crippen molar-refractivity contribution in [1.82, 2.24) is 0 Å². The number of phenolic OH excluding ortho intramolecular Hbond substituents is 1. The third-order valence-corrected chi connectivity index (χ3v) is 6.63. The van der Waals surface area contributed by atoms with Gasteiger partial charge in [0.2, 0.25) is 0 Å². The molecule has 1 aromatic rings. The lowest BCUT2D eigenvalue weighted by atomic mass is 9.86. The lowest BCUT2D eigenvalue weighted by Crippen LogP contribution is -2.28. The molecule has 2 rings (SSSR count). The van der Waals surface area contributed by atoms with E-state index in [0.717, 1.165) is 69.8 Å². The molecule has 0 spiro atoms. The van der Waals surface area contributed by atoms with Crippen molar-refractivity contribution in [3.63, 3.8) is 0 Å². The first-order valence-electron chi connectivity index (χ1n) is 12.7. The summed E-state index contributed by atoms with van der Waals surface area (Å²) in [6.07, 6.45) is 14.3. The van der Waals surface area contributed by atoms with Gasteiger partial charge in [0.25, 0.3) is 0 Å². The molecule has 31 heavy (non-hydrogen) atoms. The summed E-state index contributed by atoms with van der Waals surface area (Å²) < 4.78 is 6.06. The summed E-state index contributed by atoms with van der Waals surface area (Å²) >= 11 is 0. The molecule has 0 amide bonds. The van der Waals surface area contributed by atoms with Crippen LogP contribution in [0.4, 0.5) is 0 Å². The molecule has 2 N–H and O–H groups in total. The van der Waals surface area contributed by atoms with Gasteiger partial charge < -0.3 is 14.9 Å². The topological polar surface area (TPSA) is 66.8 Å². The maximum atomic E-state index is 13.0. The van der Waals surface area contributed by atoms with E-state index < -0.39 is 6.10 Å². The Morgan fingerprint density at radius 1 is 1.03 bits per heavy atom. The highest BCUT2D eigenvalue weighted by Gasteiger charge is 2.25. The van der Waals surface area contributed by atoms with Crippen molar-refractivity contribution in [2.45, 2.75) is 122 Å². The van der Waals surface area contributed by atoms with Crippen LogP contribution in [0.5, 0.6) is 11.5 Å². The molecule has 0 radical (unpaired) electrons. The molecule has 1 aliphatic carbocycles. The van der Waals surface area contributed by atoms with Crippen molar-refractivity contribution in [2.24, 2.45) is 5.92 Å². The van der Waals surface area contributed by atoms with Crippen molar-refractivity contribution in [3.05, 3.63) is 23.8 Å². The number of hydrogen-bond acceptors (Lipinski definition) is 4. The second kappa shape index (κ2) is 14.5. The Bertz CT molecular complexity index is 636. The van der Waals surface area contributed by atoms with Gasteiger partial charge in [0.15, 0.2) is 11.5 Å². The number of Topliss-reactive ketones (excluding diaryl/α,β-unsaturated/α-hetero) is 1. The van der Waals surface area contributed by atoms with E-state index in [-0.39, 0.29) is 23.6 Å². The number of aromatic hydroxyl groups is 1. The Morgan fingerprint density at radius 2 is 1.71 bits per heavy atom. The fourth-order valence-corrected chi connectivity index (χ4v) is 4.61. The zero-order valence-corrected chi connectivity index (χ0v) is 19.8. The molecule has 4 heteroatoms. The van der Waals surface area contributed by atoms with E-state index in [9.17, 15) is 15.0 Å². The third-order valence-electron chi connectivity index (χ3n) is 6.63. The van der Waals surface area contributed by atoms with Crippen LogP contribution in [0.3, 0.4) is 0 Å². The van der Waals surface area contributed by atoms with Gasteiger partial charge in [-0.15, -0.1) is 0 Å². The normalized spacial score (nSPS) is 16.7. The summed E-state index contributed by atoms with van der Waals surface area (Å²) in [5, 5.41) is 20.9. The Labute approximate surface area is 189 Å². The van der Waals surface area contributed by atoms with Crippen LogP contribution >= 0.6 is 0 Å². The van der Waals surface area contributed by atoms with Gasteiger partial charge in [0.05, 0.1) is 12.2 Å². The van der Waals surface area contributed by atoms with Crippen LogP contribution in [-0.4, -0.2) is 28.2 Å². The van der Waals surface area contributed by atoms with Crippen LogP contribution in [0.25, 0.3) is 0 Å². The number of carbonyl (C=O) groups excluding carboxylic acids is 1. The molecule has 0 saturated heterocycles. The monoisotopic (exact) mass is 432 g/mol. The van der Waals surface area contributed by atoms with Crippen LogP contribution in [0.2, 0.25) is 0 Å². The first kappa shape index (κ1) is 25.7. The zero-order chi connectivity index (χ0) is 22.5. The second-order valence-corrected chi connectivity index (χ2v) is 9.31.